The lowest BCUT2D eigenvalue weighted by Crippen LogP contribution is -2.50. The van der Waals surface area contributed by atoms with Gasteiger partial charge in [-0.15, -0.1) is 0 Å². The number of nitrogens with one attached hydrogen (secondary N) is 2. The Bertz CT molecular complexity index is 1590. The number of hydrogen-bond acceptors (Lipinski definition) is 8. The second-order valence-corrected chi connectivity index (χ2v) is 12.0. The number of sulfonamides is 1. The van der Waals surface area contributed by atoms with Crippen molar-refractivity contribution in [3.8, 4) is 0 Å². The number of pyridine rings is 1. The maximum atomic E-state index is 13.8. The number of amides is 1. The molecule has 0 aliphatic carbocycles. The van der Waals surface area contributed by atoms with Crippen molar-refractivity contribution in [3.05, 3.63) is 70.9 Å². The first-order valence-corrected chi connectivity index (χ1v) is 14.6. The molecule has 2 atom stereocenters. The van der Waals surface area contributed by atoms with E-state index in [9.17, 15) is 30.8 Å². The molecule has 2 aliphatic heterocycles. The molecule has 1 fully saturated rings. The molecule has 1 amide bonds. The number of likely N-dealkylation sites (tertiary alicyclic amines) is 1. The van der Waals surface area contributed by atoms with Gasteiger partial charge in [0.05, 0.1) is 17.5 Å². The molecule has 1 aromatic carbocycles. The highest BCUT2D eigenvalue weighted by molar-refractivity contribution is 7.92. The number of fused-ring (bicyclic) bond motifs is 1. The van der Waals surface area contributed by atoms with Gasteiger partial charge in [-0.25, -0.2) is 27.8 Å². The van der Waals surface area contributed by atoms with Crippen LogP contribution in [0.5, 0.6) is 0 Å². The van der Waals surface area contributed by atoms with Gasteiger partial charge in [0, 0.05) is 60.9 Å². The van der Waals surface area contributed by atoms with Crippen molar-refractivity contribution in [3.63, 3.8) is 0 Å². The normalized spacial score (nSPS) is 19.6. The summed E-state index contributed by atoms with van der Waals surface area (Å²) in [6, 6.07) is 5.19. The Hall–Kier alpha value is -3.85. The minimum Gasteiger partial charge on any atom is -0.336 e. The van der Waals surface area contributed by atoms with Gasteiger partial charge in [-0.3, -0.25) is 14.4 Å². The van der Waals surface area contributed by atoms with Gasteiger partial charge in [-0.1, -0.05) is 0 Å². The maximum Gasteiger partial charge on any atom is 0.416 e. The third kappa shape index (κ3) is 6.73. The molecule has 0 bridgehead atoms. The molecule has 10 nitrogen and oxygen atoms in total. The minimum atomic E-state index is -4.69. The second kappa shape index (κ2) is 10.9. The Morgan fingerprint density at radius 1 is 1.12 bits per heavy atom. The zero-order valence-corrected chi connectivity index (χ0v) is 22.9. The van der Waals surface area contributed by atoms with Crippen molar-refractivity contribution in [2.45, 2.75) is 51.1 Å². The molecule has 2 aliphatic rings. The van der Waals surface area contributed by atoms with Gasteiger partial charge in [-0.05, 0) is 50.1 Å². The zero-order valence-electron chi connectivity index (χ0n) is 22.1. The third-order valence-electron chi connectivity index (χ3n) is 7.08. The lowest BCUT2D eigenvalue weighted by atomic mass is 9.96. The summed E-state index contributed by atoms with van der Waals surface area (Å²) in [5.41, 5.74) is 0.733. The molecule has 0 radical (unpaired) electrons. The summed E-state index contributed by atoms with van der Waals surface area (Å²) in [5.74, 6) is -1.10. The lowest BCUT2D eigenvalue weighted by Gasteiger charge is -2.41. The number of nitrogens with zero attached hydrogens (tertiary/aromatic N) is 5. The first-order chi connectivity index (χ1) is 19.2. The van der Waals surface area contributed by atoms with E-state index in [1.807, 2.05) is 6.92 Å². The van der Waals surface area contributed by atoms with Crippen LogP contribution in [0.15, 0.2) is 42.7 Å². The number of halogens is 4. The van der Waals surface area contributed by atoms with Gasteiger partial charge in [-0.2, -0.15) is 13.2 Å². The van der Waals surface area contributed by atoms with Crippen LogP contribution in [0.3, 0.4) is 0 Å². The fourth-order valence-corrected chi connectivity index (χ4v) is 5.70. The van der Waals surface area contributed by atoms with Gasteiger partial charge in [0.25, 0.3) is 5.91 Å². The van der Waals surface area contributed by atoms with E-state index in [0.29, 0.717) is 44.1 Å². The first-order valence-electron chi connectivity index (χ1n) is 12.7. The molecular weight excluding hydrogens is 566 g/mol. The summed E-state index contributed by atoms with van der Waals surface area (Å²) in [4.78, 5) is 29.8. The monoisotopic (exact) mass is 593 g/mol. The van der Waals surface area contributed by atoms with Crippen LogP contribution in [0, 0.1) is 5.82 Å². The number of alkyl halides is 3. The van der Waals surface area contributed by atoms with Crippen molar-refractivity contribution in [1.82, 2.24) is 24.8 Å². The molecule has 15 heteroatoms. The summed E-state index contributed by atoms with van der Waals surface area (Å²) in [7, 11) is -3.53. The molecule has 0 unspecified atom stereocenters. The van der Waals surface area contributed by atoms with Gasteiger partial charge in [0.2, 0.25) is 16.0 Å². The van der Waals surface area contributed by atoms with Gasteiger partial charge in [0.1, 0.15) is 11.6 Å². The Labute approximate surface area is 233 Å². The predicted molar refractivity (Wildman–Crippen MR) is 142 cm³/mol. The van der Waals surface area contributed by atoms with E-state index in [1.54, 1.807) is 17.2 Å². The Morgan fingerprint density at radius 3 is 2.61 bits per heavy atom. The van der Waals surface area contributed by atoms with Crippen LogP contribution in [0.25, 0.3) is 0 Å². The van der Waals surface area contributed by atoms with Crippen LogP contribution >= 0.6 is 0 Å². The smallest absolute Gasteiger partial charge is 0.336 e. The Kier molecular flexibility index (Phi) is 7.59. The standard InChI is InChI=1S/C26H27F4N7O3S/c1-15-7-21(4-6-37(15)24(38)16-3-5-31-23(8-16)35-41(2,39)40)36-13-17-12-32-25(34-22(17)14-36)33-20-10-18(26(28,29)30)9-19(27)11-20/h3,5,8-12,15,21H,4,6-7,13-14H2,1-2H3,(H,31,35)(H,32,33,34)/t15-,21+/m1/s1. The van der Waals surface area contributed by atoms with E-state index < -0.39 is 27.6 Å². The highest BCUT2D eigenvalue weighted by atomic mass is 32.2. The van der Waals surface area contributed by atoms with Gasteiger partial charge < -0.3 is 10.2 Å². The quantitative estimate of drug-likeness (QED) is 0.409. The average Bonchev–Trinajstić information content (AvgIpc) is 3.30. The van der Waals surface area contributed by atoms with E-state index >= 15 is 0 Å². The Balaban J connectivity index is 1.22. The molecule has 5 rings (SSSR count). The van der Waals surface area contributed by atoms with Crippen LogP contribution in [0.4, 0.5) is 35.0 Å². The first kappa shape index (κ1) is 28.7. The van der Waals surface area contributed by atoms with Crippen molar-refractivity contribution in [1.29, 1.82) is 0 Å². The maximum absolute atomic E-state index is 13.8. The SMILES string of the molecule is C[C@@H]1C[C@@H](N2Cc3cnc(Nc4cc(F)cc(C(F)(F)F)c4)nc3C2)CCN1C(=O)c1ccnc(NS(C)(=O)=O)c1. The number of aromatic nitrogens is 3. The summed E-state index contributed by atoms with van der Waals surface area (Å²) < 4.78 is 78.3. The molecule has 0 saturated carbocycles. The Morgan fingerprint density at radius 2 is 1.90 bits per heavy atom. The topological polar surface area (TPSA) is 120 Å². The van der Waals surface area contributed by atoms with E-state index in [1.165, 1.54) is 12.3 Å². The lowest BCUT2D eigenvalue weighted by molar-refractivity contribution is -0.137. The van der Waals surface area contributed by atoms with Gasteiger partial charge in [0.15, 0.2) is 0 Å². The number of benzene rings is 1. The van der Waals surface area contributed by atoms with Crippen molar-refractivity contribution >= 4 is 33.4 Å². The molecule has 218 valence electrons. The zero-order chi connectivity index (χ0) is 29.5. The number of rotatable bonds is 6. The predicted octanol–water partition coefficient (Wildman–Crippen LogP) is 4.15. The van der Waals surface area contributed by atoms with E-state index in [0.717, 1.165) is 29.6 Å². The molecule has 3 aromatic rings. The van der Waals surface area contributed by atoms with E-state index in [-0.39, 0.29) is 35.4 Å². The highest BCUT2D eigenvalue weighted by Crippen LogP contribution is 2.33. The number of carbonyl (C=O) groups is 1. The summed E-state index contributed by atoms with van der Waals surface area (Å²) in [6.07, 6.45) is 0.710. The molecule has 0 spiro atoms. The second-order valence-electron chi connectivity index (χ2n) is 10.3. The van der Waals surface area contributed by atoms with Crippen molar-refractivity contribution < 1.29 is 30.8 Å². The summed E-state index contributed by atoms with van der Waals surface area (Å²) in [5, 5.41) is 2.67. The molecular formula is C26H27F4N7O3S. The molecule has 4 heterocycles. The van der Waals surface area contributed by atoms with Crippen molar-refractivity contribution in [2.75, 3.05) is 22.8 Å². The summed E-state index contributed by atoms with van der Waals surface area (Å²) in [6.45, 7) is 3.54. The minimum absolute atomic E-state index is 0.0696. The van der Waals surface area contributed by atoms with Crippen LogP contribution in [0.1, 0.15) is 46.9 Å². The molecule has 1 saturated heterocycles. The van der Waals surface area contributed by atoms with Crippen LogP contribution in [-0.4, -0.2) is 64.0 Å². The van der Waals surface area contributed by atoms with E-state index in [4.69, 9.17) is 0 Å². The fourth-order valence-electron chi connectivity index (χ4n) is 5.21. The van der Waals surface area contributed by atoms with Crippen molar-refractivity contribution in [2.24, 2.45) is 0 Å². The highest BCUT2D eigenvalue weighted by Gasteiger charge is 2.35. The number of carbonyl (C=O) groups excluding carboxylic acids is 1. The molecule has 2 aromatic heterocycles. The number of piperidine rings is 1. The number of anilines is 3. The molecule has 41 heavy (non-hydrogen) atoms. The largest absolute Gasteiger partial charge is 0.416 e. The number of hydrogen-bond donors (Lipinski definition) is 2. The average molecular weight is 594 g/mol. The van der Waals surface area contributed by atoms with Crippen LogP contribution < -0.4 is 10.0 Å². The fraction of sp³-hybridized carbons (Fsp3) is 0.385. The van der Waals surface area contributed by atoms with E-state index in [2.05, 4.69) is 29.9 Å². The van der Waals surface area contributed by atoms with Crippen LogP contribution in [-0.2, 0) is 29.3 Å². The third-order valence-corrected chi connectivity index (χ3v) is 7.66. The van der Waals surface area contributed by atoms with Crippen LogP contribution in [0.2, 0.25) is 0 Å². The summed E-state index contributed by atoms with van der Waals surface area (Å²) >= 11 is 0. The van der Waals surface area contributed by atoms with Gasteiger partial charge >= 0.3 is 6.18 Å². The molecule has 2 N–H and O–H groups in total.